The minimum Gasteiger partial charge on any atom is -0.0605 e. The molecule has 1 aromatic carbocycles. The molecule has 3 heteroatoms. The monoisotopic (exact) mass is 267 g/mol. The van der Waals surface area contributed by atoms with Crippen LogP contribution in [0.3, 0.4) is 0 Å². The fraction of sp³-hybridized carbons (Fsp3) is 0.647. The lowest BCUT2D eigenvalue weighted by Crippen LogP contribution is -2.48. The van der Waals surface area contributed by atoms with Crippen LogP contribution in [0.25, 0.3) is 10.4 Å². The number of aryl methyl sites for hydroxylation is 1. The summed E-state index contributed by atoms with van der Waals surface area (Å²) in [6.07, 6.45) is 8.48. The molecule has 0 radical (unpaired) electrons. The van der Waals surface area contributed by atoms with Gasteiger partial charge in [0, 0.05) is 10.6 Å². The third kappa shape index (κ3) is 1.76. The van der Waals surface area contributed by atoms with Gasteiger partial charge in [-0.05, 0) is 91.3 Å². The van der Waals surface area contributed by atoms with E-state index in [0.29, 0.717) is 5.41 Å². The van der Waals surface area contributed by atoms with Crippen molar-refractivity contribution in [3.05, 3.63) is 39.8 Å². The predicted octanol–water partition coefficient (Wildman–Crippen LogP) is 5.40. The summed E-state index contributed by atoms with van der Waals surface area (Å²) in [5, 5.41) is 3.87. The summed E-state index contributed by atoms with van der Waals surface area (Å²) in [7, 11) is 0. The van der Waals surface area contributed by atoms with E-state index < -0.39 is 0 Å². The molecule has 0 spiro atoms. The van der Waals surface area contributed by atoms with Gasteiger partial charge in [0.15, 0.2) is 0 Å². The van der Waals surface area contributed by atoms with Gasteiger partial charge >= 0.3 is 0 Å². The molecule has 0 heterocycles. The highest BCUT2D eigenvalue weighted by Crippen LogP contribution is 2.60. The Labute approximate surface area is 120 Å². The van der Waals surface area contributed by atoms with Crippen LogP contribution in [-0.4, -0.2) is 0 Å². The molecule has 0 amide bonds. The molecule has 0 aliphatic heterocycles. The Balaban J connectivity index is 1.77. The topological polar surface area (TPSA) is 48.8 Å². The summed E-state index contributed by atoms with van der Waals surface area (Å²) in [6, 6.07) is 6.60. The van der Waals surface area contributed by atoms with Crippen LogP contribution in [0.2, 0.25) is 0 Å². The van der Waals surface area contributed by atoms with E-state index in [9.17, 15) is 0 Å². The first-order valence-electron chi connectivity index (χ1n) is 7.85. The molecule has 0 atom stereocenters. The maximum Gasteiger partial charge on any atom is 0.0407 e. The Morgan fingerprint density at radius 1 is 1.10 bits per heavy atom. The van der Waals surface area contributed by atoms with Crippen molar-refractivity contribution in [1.29, 1.82) is 0 Å². The smallest absolute Gasteiger partial charge is 0.0407 e. The lowest BCUT2D eigenvalue weighted by atomic mass is 9.48. The van der Waals surface area contributed by atoms with Crippen molar-refractivity contribution in [3.8, 4) is 0 Å². The highest BCUT2D eigenvalue weighted by Gasteiger charge is 2.51. The SMILES string of the molecule is Cc1ccc(C23CC4CC(CC(C4)C2)C3)cc1N=[N+]=[N-]. The Morgan fingerprint density at radius 2 is 1.70 bits per heavy atom. The minimum atomic E-state index is 0.391. The third-order valence-electron chi connectivity index (χ3n) is 6.01. The normalized spacial score (nSPS) is 37.8. The van der Waals surface area contributed by atoms with Gasteiger partial charge in [0.25, 0.3) is 0 Å². The van der Waals surface area contributed by atoms with Crippen molar-refractivity contribution in [1.82, 2.24) is 0 Å². The molecule has 0 aromatic heterocycles. The van der Waals surface area contributed by atoms with E-state index in [1.165, 1.54) is 44.1 Å². The van der Waals surface area contributed by atoms with Crippen molar-refractivity contribution >= 4 is 5.69 Å². The van der Waals surface area contributed by atoms with Crippen LogP contribution in [0.4, 0.5) is 5.69 Å². The van der Waals surface area contributed by atoms with Gasteiger partial charge in [-0.2, -0.15) is 0 Å². The summed E-state index contributed by atoms with van der Waals surface area (Å²) < 4.78 is 0. The Bertz CT molecular complexity index is 563. The van der Waals surface area contributed by atoms with Gasteiger partial charge in [-0.15, -0.1) is 0 Å². The number of hydrogen-bond acceptors (Lipinski definition) is 1. The quantitative estimate of drug-likeness (QED) is 0.391. The molecular formula is C17H21N3. The Hall–Kier alpha value is -1.47. The minimum absolute atomic E-state index is 0.391. The zero-order valence-corrected chi connectivity index (χ0v) is 12.0. The molecule has 4 bridgehead atoms. The lowest BCUT2D eigenvalue weighted by molar-refractivity contribution is -0.00517. The van der Waals surface area contributed by atoms with Crippen LogP contribution < -0.4 is 0 Å². The average molecular weight is 267 g/mol. The van der Waals surface area contributed by atoms with Crippen LogP contribution in [0.5, 0.6) is 0 Å². The predicted molar refractivity (Wildman–Crippen MR) is 79.8 cm³/mol. The van der Waals surface area contributed by atoms with E-state index in [0.717, 1.165) is 29.0 Å². The maximum absolute atomic E-state index is 8.73. The largest absolute Gasteiger partial charge is 0.0605 e. The molecule has 4 aliphatic rings. The lowest BCUT2D eigenvalue weighted by Gasteiger charge is -2.57. The molecule has 104 valence electrons. The Kier molecular flexibility index (Phi) is 2.62. The molecule has 4 saturated carbocycles. The number of nitrogens with zero attached hydrogens (tertiary/aromatic N) is 3. The fourth-order valence-electron chi connectivity index (χ4n) is 5.56. The molecule has 0 unspecified atom stereocenters. The van der Waals surface area contributed by atoms with Crippen LogP contribution in [0.1, 0.15) is 49.7 Å². The van der Waals surface area contributed by atoms with Crippen molar-refractivity contribution in [3.63, 3.8) is 0 Å². The molecule has 0 N–H and O–H groups in total. The molecule has 20 heavy (non-hydrogen) atoms. The van der Waals surface area contributed by atoms with Crippen LogP contribution in [0, 0.1) is 24.7 Å². The molecule has 3 nitrogen and oxygen atoms in total. The number of benzene rings is 1. The Morgan fingerprint density at radius 3 is 2.25 bits per heavy atom. The fourth-order valence-corrected chi connectivity index (χ4v) is 5.56. The highest BCUT2D eigenvalue weighted by atomic mass is 15.1. The van der Waals surface area contributed by atoms with E-state index >= 15 is 0 Å². The van der Waals surface area contributed by atoms with Gasteiger partial charge in [0.2, 0.25) is 0 Å². The van der Waals surface area contributed by atoms with Crippen LogP contribution in [-0.2, 0) is 5.41 Å². The molecule has 4 aliphatic carbocycles. The van der Waals surface area contributed by atoms with Gasteiger partial charge < -0.3 is 0 Å². The first-order chi connectivity index (χ1) is 9.68. The van der Waals surface area contributed by atoms with E-state index in [4.69, 9.17) is 5.53 Å². The number of hydrogen-bond donors (Lipinski definition) is 0. The van der Waals surface area contributed by atoms with Gasteiger partial charge in [-0.3, -0.25) is 0 Å². The number of azide groups is 1. The summed E-state index contributed by atoms with van der Waals surface area (Å²) >= 11 is 0. The van der Waals surface area contributed by atoms with Crippen molar-refractivity contribution in [2.45, 2.75) is 50.9 Å². The second-order valence-corrected chi connectivity index (χ2v) is 7.39. The van der Waals surface area contributed by atoms with E-state index in [-0.39, 0.29) is 0 Å². The second-order valence-electron chi connectivity index (χ2n) is 7.39. The van der Waals surface area contributed by atoms with E-state index in [1.54, 1.807) is 0 Å². The van der Waals surface area contributed by atoms with E-state index in [2.05, 4.69) is 28.2 Å². The molecule has 5 rings (SSSR count). The van der Waals surface area contributed by atoms with Gasteiger partial charge in [0.05, 0.1) is 0 Å². The summed E-state index contributed by atoms with van der Waals surface area (Å²) in [4.78, 5) is 2.98. The maximum atomic E-state index is 8.73. The number of rotatable bonds is 2. The van der Waals surface area contributed by atoms with E-state index in [1.807, 2.05) is 6.92 Å². The van der Waals surface area contributed by atoms with Crippen LogP contribution in [0.15, 0.2) is 23.3 Å². The zero-order chi connectivity index (χ0) is 13.7. The summed E-state index contributed by atoms with van der Waals surface area (Å²) in [5.74, 6) is 2.85. The van der Waals surface area contributed by atoms with Crippen LogP contribution >= 0.6 is 0 Å². The molecular weight excluding hydrogens is 246 g/mol. The third-order valence-corrected chi connectivity index (χ3v) is 6.01. The average Bonchev–Trinajstić information content (AvgIpc) is 2.40. The molecule has 4 fully saturated rings. The van der Waals surface area contributed by atoms with Crippen molar-refractivity contribution in [2.75, 3.05) is 0 Å². The zero-order valence-electron chi connectivity index (χ0n) is 12.0. The highest BCUT2D eigenvalue weighted by molar-refractivity contribution is 5.50. The summed E-state index contributed by atoms with van der Waals surface area (Å²) in [5.41, 5.74) is 12.5. The molecule has 0 saturated heterocycles. The van der Waals surface area contributed by atoms with Gasteiger partial charge in [-0.1, -0.05) is 17.2 Å². The van der Waals surface area contributed by atoms with Gasteiger partial charge in [0.1, 0.15) is 0 Å². The standard InChI is InChI=1S/C17H21N3/c1-11-2-3-15(7-16(11)19-20-18)17-8-12-4-13(9-17)6-14(5-12)10-17/h2-3,7,12-14H,4-6,8-10H2,1H3. The second kappa shape index (κ2) is 4.26. The summed E-state index contributed by atoms with van der Waals surface area (Å²) in [6.45, 7) is 2.02. The van der Waals surface area contributed by atoms with Gasteiger partial charge in [-0.25, -0.2) is 0 Å². The molecule has 1 aromatic rings. The first-order valence-corrected chi connectivity index (χ1v) is 7.85. The first kappa shape index (κ1) is 12.3. The van der Waals surface area contributed by atoms with Crippen molar-refractivity contribution in [2.24, 2.45) is 22.9 Å². The van der Waals surface area contributed by atoms with Crippen molar-refractivity contribution < 1.29 is 0 Å².